The van der Waals surface area contributed by atoms with Gasteiger partial charge in [0, 0.05) is 18.3 Å². The molecule has 3 N–H and O–H groups in total. The first kappa shape index (κ1) is 7.31. The van der Waals surface area contributed by atoms with Gasteiger partial charge in [-0.15, -0.1) is 0 Å². The Balaban J connectivity index is 3.14. The Morgan fingerprint density at radius 1 is 1.70 bits per heavy atom. The average molecular weight is 159 g/mol. The van der Waals surface area contributed by atoms with E-state index in [1.54, 1.807) is 6.07 Å². The minimum absolute atomic E-state index is 0.0216. The van der Waals surface area contributed by atoms with Crippen LogP contribution in [0.5, 0.6) is 5.75 Å². The van der Waals surface area contributed by atoms with E-state index in [-0.39, 0.29) is 17.4 Å². The van der Waals surface area contributed by atoms with E-state index < -0.39 is 0 Å². The van der Waals surface area contributed by atoms with Crippen LogP contribution in [-0.2, 0) is 6.54 Å². The van der Waals surface area contributed by atoms with Crippen LogP contribution >= 0.6 is 11.6 Å². The third-order valence-corrected chi connectivity index (χ3v) is 1.46. The molecule has 1 aromatic heterocycles. The van der Waals surface area contributed by atoms with E-state index in [0.29, 0.717) is 5.56 Å². The zero-order valence-corrected chi connectivity index (χ0v) is 5.97. The highest BCUT2D eigenvalue weighted by Crippen LogP contribution is 2.23. The van der Waals surface area contributed by atoms with Gasteiger partial charge in [0.25, 0.3) is 0 Å². The molecule has 1 heterocycles. The number of nitrogens with two attached hydrogens (primary N) is 1. The van der Waals surface area contributed by atoms with Crippen LogP contribution in [0.2, 0.25) is 5.15 Å². The van der Waals surface area contributed by atoms with Crippen LogP contribution in [0.4, 0.5) is 0 Å². The molecule has 0 radical (unpaired) electrons. The Morgan fingerprint density at radius 3 is 2.90 bits per heavy atom. The summed E-state index contributed by atoms with van der Waals surface area (Å²) in [5.74, 6) is -0.0216. The highest BCUT2D eigenvalue weighted by atomic mass is 35.5. The van der Waals surface area contributed by atoms with Crippen LogP contribution in [0.15, 0.2) is 12.3 Å². The minimum atomic E-state index is -0.0216. The smallest absolute Gasteiger partial charge is 0.171 e. The zero-order valence-electron chi connectivity index (χ0n) is 5.21. The number of hydrogen-bond donors (Lipinski definition) is 2. The molecule has 0 bridgehead atoms. The summed E-state index contributed by atoms with van der Waals surface area (Å²) in [6, 6.07) is 1.63. The van der Waals surface area contributed by atoms with E-state index in [0.717, 1.165) is 0 Å². The van der Waals surface area contributed by atoms with Crippen molar-refractivity contribution in [3.8, 4) is 5.75 Å². The maximum Gasteiger partial charge on any atom is 0.171 e. The van der Waals surface area contributed by atoms with Gasteiger partial charge in [0.15, 0.2) is 10.9 Å². The van der Waals surface area contributed by atoms with Crippen LogP contribution in [0, 0.1) is 0 Å². The van der Waals surface area contributed by atoms with E-state index in [1.165, 1.54) is 6.20 Å². The molecular formula is C6H7ClN2O. The van der Waals surface area contributed by atoms with Crippen molar-refractivity contribution in [1.82, 2.24) is 4.98 Å². The summed E-state index contributed by atoms with van der Waals surface area (Å²) in [7, 11) is 0. The normalized spacial score (nSPS) is 9.80. The van der Waals surface area contributed by atoms with Crippen LogP contribution in [0.1, 0.15) is 5.56 Å². The molecule has 1 aromatic rings. The van der Waals surface area contributed by atoms with Crippen molar-refractivity contribution in [3.63, 3.8) is 0 Å². The van der Waals surface area contributed by atoms with Gasteiger partial charge < -0.3 is 10.8 Å². The molecule has 0 aliphatic carbocycles. The first-order valence-corrected chi connectivity index (χ1v) is 3.16. The van der Waals surface area contributed by atoms with Crippen LogP contribution in [0.3, 0.4) is 0 Å². The molecule has 3 nitrogen and oxygen atoms in total. The summed E-state index contributed by atoms with van der Waals surface area (Å²) in [5.41, 5.74) is 5.88. The minimum Gasteiger partial charge on any atom is -0.504 e. The molecule has 10 heavy (non-hydrogen) atoms. The fourth-order valence-electron chi connectivity index (χ4n) is 0.630. The van der Waals surface area contributed by atoms with Gasteiger partial charge in [-0.25, -0.2) is 4.98 Å². The molecular weight excluding hydrogens is 152 g/mol. The molecule has 0 unspecified atom stereocenters. The summed E-state index contributed by atoms with van der Waals surface area (Å²) in [4.78, 5) is 3.65. The summed E-state index contributed by atoms with van der Waals surface area (Å²) in [6.07, 6.45) is 1.50. The van der Waals surface area contributed by atoms with E-state index in [9.17, 15) is 0 Å². The van der Waals surface area contributed by atoms with Crippen LogP contribution < -0.4 is 5.73 Å². The number of nitrogens with zero attached hydrogens (tertiary/aromatic N) is 1. The third-order valence-electron chi connectivity index (χ3n) is 1.18. The molecule has 0 amide bonds. The van der Waals surface area contributed by atoms with Crippen molar-refractivity contribution in [3.05, 3.63) is 23.0 Å². The van der Waals surface area contributed by atoms with Gasteiger partial charge in [-0.3, -0.25) is 0 Å². The third kappa shape index (κ3) is 1.20. The van der Waals surface area contributed by atoms with Crippen molar-refractivity contribution in [1.29, 1.82) is 0 Å². The second-order valence-corrected chi connectivity index (χ2v) is 2.17. The Bertz CT molecular complexity index is 239. The fourth-order valence-corrected chi connectivity index (χ4v) is 0.808. The Labute approximate surface area is 63.5 Å². The Morgan fingerprint density at radius 2 is 2.40 bits per heavy atom. The number of rotatable bonds is 1. The number of aromatic nitrogens is 1. The van der Waals surface area contributed by atoms with E-state index in [1.807, 2.05) is 0 Å². The van der Waals surface area contributed by atoms with E-state index >= 15 is 0 Å². The molecule has 0 saturated heterocycles. The number of aromatic hydroxyl groups is 1. The van der Waals surface area contributed by atoms with Crippen LogP contribution in [-0.4, -0.2) is 10.1 Å². The highest BCUT2D eigenvalue weighted by Gasteiger charge is 2.02. The van der Waals surface area contributed by atoms with Crippen molar-refractivity contribution in [2.45, 2.75) is 6.54 Å². The molecule has 0 aliphatic rings. The van der Waals surface area contributed by atoms with Crippen molar-refractivity contribution >= 4 is 11.6 Å². The lowest BCUT2D eigenvalue weighted by atomic mass is 10.2. The molecule has 0 saturated carbocycles. The van der Waals surface area contributed by atoms with Crippen molar-refractivity contribution in [2.75, 3.05) is 0 Å². The summed E-state index contributed by atoms with van der Waals surface area (Å²) in [6.45, 7) is 0.272. The number of pyridine rings is 1. The number of hydrogen-bond acceptors (Lipinski definition) is 3. The fraction of sp³-hybridized carbons (Fsp3) is 0.167. The molecule has 0 atom stereocenters. The highest BCUT2D eigenvalue weighted by molar-refractivity contribution is 6.30. The van der Waals surface area contributed by atoms with E-state index in [2.05, 4.69) is 4.98 Å². The van der Waals surface area contributed by atoms with Crippen molar-refractivity contribution in [2.24, 2.45) is 5.73 Å². The quantitative estimate of drug-likeness (QED) is 0.597. The summed E-state index contributed by atoms with van der Waals surface area (Å²) < 4.78 is 0. The lowest BCUT2D eigenvalue weighted by molar-refractivity contribution is 0.466. The second-order valence-electron chi connectivity index (χ2n) is 1.81. The predicted octanol–water partition coefficient (Wildman–Crippen LogP) is 0.899. The van der Waals surface area contributed by atoms with Gasteiger partial charge in [-0.1, -0.05) is 11.6 Å². The Kier molecular flexibility index (Phi) is 2.09. The Hall–Kier alpha value is -0.800. The molecule has 54 valence electrons. The first-order chi connectivity index (χ1) is 4.75. The SMILES string of the molecule is NCc1ccnc(Cl)c1O. The standard InChI is InChI=1S/C6H7ClN2O/c7-6-5(10)4(3-8)1-2-9-6/h1-2,10H,3,8H2. The monoisotopic (exact) mass is 158 g/mol. The maximum atomic E-state index is 9.12. The predicted molar refractivity (Wildman–Crippen MR) is 38.8 cm³/mol. The molecule has 0 aromatic carbocycles. The molecule has 0 spiro atoms. The number of halogens is 1. The first-order valence-electron chi connectivity index (χ1n) is 2.78. The molecule has 0 fully saturated rings. The largest absolute Gasteiger partial charge is 0.504 e. The zero-order chi connectivity index (χ0) is 7.56. The second kappa shape index (κ2) is 2.86. The maximum absolute atomic E-state index is 9.12. The lowest BCUT2D eigenvalue weighted by Crippen LogP contribution is -1.96. The summed E-state index contributed by atoms with van der Waals surface area (Å²) in [5, 5.41) is 9.22. The molecule has 4 heteroatoms. The van der Waals surface area contributed by atoms with Crippen molar-refractivity contribution < 1.29 is 5.11 Å². The molecule has 0 aliphatic heterocycles. The van der Waals surface area contributed by atoms with Gasteiger partial charge in [0.1, 0.15) is 0 Å². The molecule has 1 rings (SSSR count). The van der Waals surface area contributed by atoms with E-state index in [4.69, 9.17) is 22.4 Å². The summed E-state index contributed by atoms with van der Waals surface area (Å²) >= 11 is 5.48. The van der Waals surface area contributed by atoms with Gasteiger partial charge in [0.2, 0.25) is 0 Å². The van der Waals surface area contributed by atoms with Crippen LogP contribution in [0.25, 0.3) is 0 Å². The topological polar surface area (TPSA) is 59.1 Å². The average Bonchev–Trinajstić information content (AvgIpc) is 1.95. The van der Waals surface area contributed by atoms with Gasteiger partial charge in [-0.05, 0) is 6.07 Å². The lowest BCUT2D eigenvalue weighted by Gasteiger charge is -1.99. The van der Waals surface area contributed by atoms with Gasteiger partial charge in [-0.2, -0.15) is 0 Å². The van der Waals surface area contributed by atoms with Gasteiger partial charge >= 0.3 is 0 Å². The van der Waals surface area contributed by atoms with Gasteiger partial charge in [0.05, 0.1) is 0 Å².